The van der Waals surface area contributed by atoms with E-state index in [1.807, 2.05) is 69.0 Å². The van der Waals surface area contributed by atoms with Gasteiger partial charge in [0.1, 0.15) is 42.3 Å². The average Bonchev–Trinajstić information content (AvgIpc) is 1.05. The van der Waals surface area contributed by atoms with Gasteiger partial charge in [0.15, 0.2) is 17.2 Å². The van der Waals surface area contributed by atoms with E-state index in [0.717, 1.165) is 177 Å². The van der Waals surface area contributed by atoms with E-state index in [1.165, 1.54) is 66.1 Å². The summed E-state index contributed by atoms with van der Waals surface area (Å²) in [5.41, 5.74) is 13.4. The van der Waals surface area contributed by atoms with Crippen molar-refractivity contribution < 1.29 is 33.2 Å². The maximum atomic E-state index is 6.27. The molecule has 90 heavy (non-hydrogen) atoms. The number of fused-ring (bicyclic) bond motifs is 9. The highest BCUT2D eigenvalue weighted by atomic mass is 16.5. The first-order chi connectivity index (χ1) is 44.5. The molecule has 1 unspecified atom stereocenters. The Morgan fingerprint density at radius 3 is 1.61 bits per heavy atom. The smallest absolute Gasteiger partial charge is 0.152 e. The normalized spacial score (nSPS) is 18.2. The summed E-state index contributed by atoms with van der Waals surface area (Å²) >= 11 is 0. The number of benzene rings is 5. The number of aromatic nitrogens is 3. The van der Waals surface area contributed by atoms with Crippen LogP contribution in [0.5, 0.6) is 23.0 Å². The summed E-state index contributed by atoms with van der Waals surface area (Å²) in [6, 6.07) is 38.6. The van der Waals surface area contributed by atoms with E-state index in [-0.39, 0.29) is 0 Å². The molecule has 0 amide bonds. The van der Waals surface area contributed by atoms with Gasteiger partial charge in [0.25, 0.3) is 0 Å². The highest BCUT2D eigenvalue weighted by Gasteiger charge is 2.29. The Balaban J connectivity index is 0.000000129. The van der Waals surface area contributed by atoms with Gasteiger partial charge in [-0.1, -0.05) is 86.7 Å². The van der Waals surface area contributed by atoms with Crippen molar-refractivity contribution in [1.29, 1.82) is 0 Å². The van der Waals surface area contributed by atoms with Crippen LogP contribution in [0.15, 0.2) is 151 Å². The zero-order valence-corrected chi connectivity index (χ0v) is 52.8. The van der Waals surface area contributed by atoms with Crippen LogP contribution in [0.4, 0.5) is 0 Å². The van der Waals surface area contributed by atoms with Crippen LogP contribution in [-0.2, 0) is 66.6 Å². The molecule has 7 aliphatic rings. The fourth-order valence-corrected chi connectivity index (χ4v) is 12.9. The van der Waals surface area contributed by atoms with Gasteiger partial charge in [-0.3, -0.25) is 49.3 Å². The molecule has 0 bridgehead atoms. The van der Waals surface area contributed by atoms with E-state index >= 15 is 0 Å². The van der Waals surface area contributed by atoms with Gasteiger partial charge >= 0.3 is 0 Å². The Hall–Kier alpha value is -7.68. The maximum Gasteiger partial charge on any atom is 0.152 e. The monoisotopic (exact) mass is 1210 g/mol. The quantitative estimate of drug-likeness (QED) is 0.108. The van der Waals surface area contributed by atoms with Gasteiger partial charge < -0.3 is 33.2 Å². The van der Waals surface area contributed by atoms with Crippen LogP contribution >= 0.6 is 0 Å². The van der Waals surface area contributed by atoms with E-state index in [1.54, 1.807) is 13.3 Å². The molecule has 10 heterocycles. The molecule has 0 aliphatic carbocycles. The minimum Gasteiger partial charge on any atom is -0.497 e. The topological polar surface area (TPSA) is 135 Å². The summed E-state index contributed by atoms with van der Waals surface area (Å²) in [5, 5.41) is 4.59. The number of hydrogen-bond donors (Lipinski definition) is 0. The molecule has 1 atom stereocenters. The summed E-state index contributed by atoms with van der Waals surface area (Å²) in [4.78, 5) is 32.7. The highest BCUT2D eigenvalue weighted by molar-refractivity contribution is 5.90. The Morgan fingerprint density at radius 1 is 0.511 bits per heavy atom. The second-order valence-electron chi connectivity index (χ2n) is 23.6. The molecule has 17 heteroatoms. The zero-order chi connectivity index (χ0) is 61.4. The Kier molecular flexibility index (Phi) is 21.5. The number of ether oxygens (including phenoxy) is 7. The number of methoxy groups -OCH3 is 1. The fourth-order valence-electron chi connectivity index (χ4n) is 12.9. The van der Waals surface area contributed by atoms with Crippen molar-refractivity contribution in [3.05, 3.63) is 207 Å². The number of nitrogens with zero attached hydrogens (tertiary/aromatic N) is 10. The first-order valence-corrected chi connectivity index (χ1v) is 32.2. The highest BCUT2D eigenvalue weighted by Crippen LogP contribution is 2.39. The van der Waals surface area contributed by atoms with Crippen molar-refractivity contribution in [2.24, 2.45) is 4.99 Å². The van der Waals surface area contributed by atoms with Crippen molar-refractivity contribution in [1.82, 2.24) is 44.4 Å². The van der Waals surface area contributed by atoms with Crippen molar-refractivity contribution >= 4 is 27.9 Å². The Labute approximate surface area is 529 Å². The Morgan fingerprint density at radius 2 is 1.03 bits per heavy atom. The molecule has 0 radical (unpaired) electrons. The van der Waals surface area contributed by atoms with Crippen LogP contribution in [0.25, 0.3) is 27.9 Å². The minimum absolute atomic E-state index is 0.298. The number of pyridine rings is 3. The van der Waals surface area contributed by atoms with Crippen molar-refractivity contribution in [3.63, 3.8) is 0 Å². The number of rotatable bonds is 13. The first-order valence-electron chi connectivity index (χ1n) is 32.2. The molecule has 15 rings (SSSR count). The third kappa shape index (κ3) is 15.4. The summed E-state index contributed by atoms with van der Waals surface area (Å²) in [6.07, 6.45) is 14.6. The lowest BCUT2D eigenvalue weighted by Gasteiger charge is -2.35. The van der Waals surface area contributed by atoms with E-state index in [2.05, 4.69) is 142 Å². The predicted molar refractivity (Wildman–Crippen MR) is 351 cm³/mol. The summed E-state index contributed by atoms with van der Waals surface area (Å²) in [6.45, 7) is 25.7. The van der Waals surface area contributed by atoms with E-state index < -0.39 is 0 Å². The average molecular weight is 1220 g/mol. The van der Waals surface area contributed by atoms with E-state index in [0.29, 0.717) is 26.2 Å². The molecule has 0 spiro atoms. The zero-order valence-electron chi connectivity index (χ0n) is 52.8. The van der Waals surface area contributed by atoms with Gasteiger partial charge in [-0.15, -0.1) is 0 Å². The van der Waals surface area contributed by atoms with Gasteiger partial charge in [0, 0.05) is 161 Å². The number of morpholine rings is 3. The van der Waals surface area contributed by atoms with Crippen molar-refractivity contribution in [2.75, 3.05) is 106 Å². The lowest BCUT2D eigenvalue weighted by Crippen LogP contribution is -2.42. The molecule has 8 aromatic rings. The van der Waals surface area contributed by atoms with Crippen LogP contribution in [0.2, 0.25) is 0 Å². The standard InChI is InChI=1S/C25H29N3O3.C24H27N3O2.C22H24N4O2.C2H6/c1-29-22-7-5-19(6-8-22)15-28-17-21-14-20(16-27-10-12-30-13-11-27)23-4-2-3-9-26-24(23)25(21)31-18-28;1-18(19-6-3-2-4-7-19)27-16-21-14-20(15-26-10-12-28-13-11-26)22-8-5-9-25-23(22)24(21)29-17-27;1-3-17(12-23-5-1)13-26-15-19-11-18(14-25-7-9-27-10-8-25)20-4-2-6-24-21(20)22(19)28-16-26;1-2/h3-9,14H,2,10-13,15-18H2,1H3;2-9,14,18H,10-13,15-17H2,1H3;1-6,11-12H,7-10,13-16H2;1-2H3. The molecule has 5 aromatic carbocycles. The number of allylic oxidation sites excluding steroid dienone is 1. The minimum atomic E-state index is 0.298. The second-order valence-corrected chi connectivity index (χ2v) is 23.6. The lowest BCUT2D eigenvalue weighted by molar-refractivity contribution is 0.0339. The van der Waals surface area contributed by atoms with Gasteiger partial charge in [0.05, 0.1) is 46.8 Å². The fraction of sp³-hybridized carbons (Fsp3) is 0.397. The predicted octanol–water partition coefficient (Wildman–Crippen LogP) is 10.0. The van der Waals surface area contributed by atoms with Gasteiger partial charge in [0.2, 0.25) is 0 Å². The summed E-state index contributed by atoms with van der Waals surface area (Å²) in [7, 11) is 1.69. The van der Waals surface area contributed by atoms with Crippen molar-refractivity contribution in [3.8, 4) is 23.0 Å². The molecule has 7 aliphatic heterocycles. The SMILES string of the molecule is CC.CC(c1ccccc1)N1COc2c(cc(CN3CCOCC3)c3cccnc23)C1.COc1ccc(CN2COc3c(cc(CN4CCOCC4)c4c3=NC=CCC=4)C2)cc1.c1cncc(CN2COc3c(cc(CN4CCOCC4)c4cccnc34)C2)c1. The molecule has 3 saturated heterocycles. The largest absolute Gasteiger partial charge is 0.497 e. The third-order valence-corrected chi connectivity index (χ3v) is 17.6. The molecule has 3 fully saturated rings. The first kappa shape index (κ1) is 62.5. The maximum absolute atomic E-state index is 6.27. The van der Waals surface area contributed by atoms with E-state index in [4.69, 9.17) is 38.2 Å². The lowest BCUT2D eigenvalue weighted by atomic mass is 10.00. The summed E-state index contributed by atoms with van der Waals surface area (Å²) in [5.74, 6) is 3.70. The molecule has 3 aromatic heterocycles. The molecule has 0 saturated carbocycles. The van der Waals surface area contributed by atoms with Crippen molar-refractivity contribution in [2.45, 2.75) is 85.6 Å². The van der Waals surface area contributed by atoms with Crippen LogP contribution < -0.4 is 29.5 Å². The summed E-state index contributed by atoms with van der Waals surface area (Å²) < 4.78 is 40.5. The van der Waals surface area contributed by atoms with E-state index in [9.17, 15) is 0 Å². The second kappa shape index (κ2) is 30.9. The Bertz CT molecular complexity index is 3800. The van der Waals surface area contributed by atoms with Crippen LogP contribution in [-0.4, -0.2) is 151 Å². The van der Waals surface area contributed by atoms with Crippen LogP contribution in [0.3, 0.4) is 0 Å². The van der Waals surface area contributed by atoms with Gasteiger partial charge in [-0.05, 0) is 95.3 Å². The molecule has 470 valence electrons. The third-order valence-electron chi connectivity index (χ3n) is 17.6. The molecular weight excluding hydrogens is 1130 g/mol. The van der Waals surface area contributed by atoms with Gasteiger partial charge in [-0.25, -0.2) is 0 Å². The van der Waals surface area contributed by atoms with Gasteiger partial charge in [-0.2, -0.15) is 0 Å². The molecule has 0 N–H and O–H groups in total. The molecule has 17 nitrogen and oxygen atoms in total. The number of hydrogen-bond acceptors (Lipinski definition) is 17. The molecular formula is C73H86N10O7. The van der Waals surface area contributed by atoms with Crippen LogP contribution in [0.1, 0.15) is 83.3 Å². The van der Waals surface area contributed by atoms with Crippen LogP contribution in [0, 0.1) is 0 Å².